The van der Waals surface area contributed by atoms with Crippen molar-refractivity contribution in [3.63, 3.8) is 0 Å². The summed E-state index contributed by atoms with van der Waals surface area (Å²) >= 11 is 1.68. The number of thioether (sulfide) groups is 1. The van der Waals surface area contributed by atoms with E-state index in [4.69, 9.17) is 14.2 Å². The summed E-state index contributed by atoms with van der Waals surface area (Å²) in [6.07, 6.45) is 0.648. The number of amides is 2. The number of hydrogen-bond donors (Lipinski definition) is 0. The molecule has 2 aromatic carbocycles. The van der Waals surface area contributed by atoms with Crippen LogP contribution in [0.3, 0.4) is 0 Å². The van der Waals surface area contributed by atoms with Gasteiger partial charge in [0.15, 0.2) is 0 Å². The summed E-state index contributed by atoms with van der Waals surface area (Å²) in [4.78, 5) is 30.9. The maximum absolute atomic E-state index is 13.6. The molecule has 2 amide bonds. The van der Waals surface area contributed by atoms with Crippen molar-refractivity contribution < 1.29 is 23.8 Å². The molecular formula is C30H42N2O5S. The van der Waals surface area contributed by atoms with Gasteiger partial charge < -0.3 is 19.1 Å². The smallest absolute Gasteiger partial charge is 0.415 e. The molecule has 1 heterocycles. The third-order valence-corrected chi connectivity index (χ3v) is 7.23. The minimum atomic E-state index is -0.669. The molecule has 2 atom stereocenters. The molecule has 208 valence electrons. The van der Waals surface area contributed by atoms with Crippen molar-refractivity contribution in [1.82, 2.24) is 4.90 Å². The number of carbonyl (C=O) groups excluding carboxylic acids is 2. The number of ether oxygens (including phenoxy) is 3. The lowest BCUT2D eigenvalue weighted by Gasteiger charge is -2.43. The number of methoxy groups -OCH3 is 1. The Morgan fingerprint density at radius 3 is 2.24 bits per heavy atom. The largest absolute Gasteiger partial charge is 0.496 e. The number of piperidine rings is 1. The Morgan fingerprint density at radius 2 is 1.63 bits per heavy atom. The van der Waals surface area contributed by atoms with E-state index < -0.39 is 17.3 Å². The van der Waals surface area contributed by atoms with Gasteiger partial charge in [-0.05, 0) is 79.0 Å². The predicted octanol–water partition coefficient (Wildman–Crippen LogP) is 7.52. The van der Waals surface area contributed by atoms with E-state index in [1.54, 1.807) is 28.7 Å². The van der Waals surface area contributed by atoms with E-state index in [2.05, 4.69) is 12.1 Å². The third kappa shape index (κ3) is 8.32. The van der Waals surface area contributed by atoms with Gasteiger partial charge in [0.2, 0.25) is 0 Å². The van der Waals surface area contributed by atoms with Gasteiger partial charge in [-0.15, -0.1) is 11.8 Å². The van der Waals surface area contributed by atoms with Crippen molar-refractivity contribution in [3.05, 3.63) is 54.1 Å². The number of carbonyl (C=O) groups is 2. The molecule has 8 heteroatoms. The molecule has 0 radical (unpaired) electrons. The highest BCUT2D eigenvalue weighted by molar-refractivity contribution is 7.98. The third-order valence-electron chi connectivity index (χ3n) is 6.10. The standard InChI is InChI=1S/C30H42N2O5S/c1-21-14-15-24(19-31(21)27(33)36-29(2,3)4)32(28(34)37-30(5,6)7)23-16-17-26(25(18-23)35-8)38-20-22-12-10-9-11-13-22/h9-13,16-18,21,24H,14-15,19-20H2,1-8H3/t21?,24-/m1/s1. The average molecular weight is 543 g/mol. The van der Waals surface area contributed by atoms with Crippen LogP contribution in [-0.4, -0.2) is 54.0 Å². The Hall–Kier alpha value is -2.87. The number of benzene rings is 2. The Labute approximate surface area is 231 Å². The molecule has 0 bridgehead atoms. The van der Waals surface area contributed by atoms with Gasteiger partial charge in [-0.3, -0.25) is 4.90 Å². The number of anilines is 1. The zero-order valence-corrected chi connectivity index (χ0v) is 24.8. The van der Waals surface area contributed by atoms with E-state index in [0.717, 1.165) is 23.5 Å². The lowest BCUT2D eigenvalue weighted by atomic mass is 9.98. The van der Waals surface area contributed by atoms with Crippen LogP contribution in [0.15, 0.2) is 53.4 Å². The minimum Gasteiger partial charge on any atom is -0.496 e. The lowest BCUT2D eigenvalue weighted by Crippen LogP contribution is -2.56. The fourth-order valence-electron chi connectivity index (χ4n) is 4.31. The van der Waals surface area contributed by atoms with Crippen LogP contribution in [0.25, 0.3) is 0 Å². The first-order valence-corrected chi connectivity index (χ1v) is 14.1. The molecule has 1 saturated heterocycles. The van der Waals surface area contributed by atoms with Crippen molar-refractivity contribution in [2.75, 3.05) is 18.6 Å². The van der Waals surface area contributed by atoms with E-state index >= 15 is 0 Å². The second kappa shape index (κ2) is 12.3. The van der Waals surface area contributed by atoms with Gasteiger partial charge >= 0.3 is 12.2 Å². The molecule has 0 aliphatic carbocycles. The summed E-state index contributed by atoms with van der Waals surface area (Å²) in [6.45, 7) is 13.5. The molecule has 2 aromatic rings. The molecule has 1 unspecified atom stereocenters. The summed E-state index contributed by atoms with van der Waals surface area (Å²) in [7, 11) is 1.63. The summed E-state index contributed by atoms with van der Waals surface area (Å²) in [5.41, 5.74) is 0.619. The number of likely N-dealkylation sites (tertiary alicyclic amines) is 1. The van der Waals surface area contributed by atoms with E-state index in [1.807, 2.05) is 84.9 Å². The molecule has 1 aliphatic rings. The van der Waals surface area contributed by atoms with Gasteiger partial charge in [0, 0.05) is 29.3 Å². The highest BCUT2D eigenvalue weighted by Crippen LogP contribution is 2.37. The fraction of sp³-hybridized carbons (Fsp3) is 0.533. The average Bonchev–Trinajstić information content (AvgIpc) is 2.82. The van der Waals surface area contributed by atoms with Crippen molar-refractivity contribution in [3.8, 4) is 5.75 Å². The van der Waals surface area contributed by atoms with Crippen LogP contribution in [0, 0.1) is 0 Å². The van der Waals surface area contributed by atoms with Crippen molar-refractivity contribution >= 4 is 29.6 Å². The molecule has 38 heavy (non-hydrogen) atoms. The van der Waals surface area contributed by atoms with Gasteiger partial charge in [-0.25, -0.2) is 9.59 Å². The molecule has 0 aromatic heterocycles. The first kappa shape index (κ1) is 29.7. The summed E-state index contributed by atoms with van der Waals surface area (Å²) < 4.78 is 17.2. The van der Waals surface area contributed by atoms with Crippen LogP contribution in [0.5, 0.6) is 5.75 Å². The second-order valence-electron chi connectivity index (χ2n) is 11.7. The van der Waals surface area contributed by atoms with Gasteiger partial charge in [0.05, 0.1) is 18.8 Å². The maximum Gasteiger partial charge on any atom is 0.415 e. The molecular weight excluding hydrogens is 500 g/mol. The van der Waals surface area contributed by atoms with Crippen LogP contribution in [0.4, 0.5) is 15.3 Å². The van der Waals surface area contributed by atoms with Crippen LogP contribution >= 0.6 is 11.8 Å². The molecule has 3 rings (SSSR count). The van der Waals surface area contributed by atoms with Gasteiger partial charge in [-0.1, -0.05) is 30.3 Å². The zero-order chi connectivity index (χ0) is 28.1. The van der Waals surface area contributed by atoms with Crippen molar-refractivity contribution in [2.24, 2.45) is 0 Å². The molecule has 1 aliphatic heterocycles. The quantitative estimate of drug-likeness (QED) is 0.352. The highest BCUT2D eigenvalue weighted by Gasteiger charge is 2.38. The second-order valence-corrected chi connectivity index (χ2v) is 12.7. The molecule has 0 saturated carbocycles. The van der Waals surface area contributed by atoms with Gasteiger partial charge in [0.1, 0.15) is 17.0 Å². The van der Waals surface area contributed by atoms with E-state index in [-0.39, 0.29) is 18.2 Å². The highest BCUT2D eigenvalue weighted by atomic mass is 32.2. The summed E-state index contributed by atoms with van der Waals surface area (Å²) in [5.74, 6) is 1.49. The monoisotopic (exact) mass is 542 g/mol. The topological polar surface area (TPSA) is 68.3 Å². The van der Waals surface area contributed by atoms with Gasteiger partial charge in [-0.2, -0.15) is 0 Å². The summed E-state index contributed by atoms with van der Waals surface area (Å²) in [6, 6.07) is 15.8. The lowest BCUT2D eigenvalue weighted by molar-refractivity contribution is 0.00820. The molecule has 0 spiro atoms. The predicted molar refractivity (Wildman–Crippen MR) is 153 cm³/mol. The van der Waals surface area contributed by atoms with E-state index in [0.29, 0.717) is 18.0 Å². The zero-order valence-electron chi connectivity index (χ0n) is 23.9. The van der Waals surface area contributed by atoms with Gasteiger partial charge in [0.25, 0.3) is 0 Å². The van der Waals surface area contributed by atoms with Crippen LogP contribution < -0.4 is 9.64 Å². The first-order chi connectivity index (χ1) is 17.8. The number of hydrogen-bond acceptors (Lipinski definition) is 6. The normalized spacial score (nSPS) is 18.1. The Bertz CT molecular complexity index is 1090. The minimum absolute atomic E-state index is 0.00730. The maximum atomic E-state index is 13.6. The van der Waals surface area contributed by atoms with Crippen molar-refractivity contribution in [1.29, 1.82) is 0 Å². The fourth-order valence-corrected chi connectivity index (χ4v) is 5.27. The van der Waals surface area contributed by atoms with Crippen LogP contribution in [0.2, 0.25) is 0 Å². The van der Waals surface area contributed by atoms with E-state index in [1.165, 1.54) is 5.56 Å². The van der Waals surface area contributed by atoms with Crippen LogP contribution in [0.1, 0.15) is 66.9 Å². The SMILES string of the molecule is COc1cc(N(C(=O)OC(C)(C)C)[C@@H]2CCC(C)N(C(=O)OC(C)(C)C)C2)ccc1SCc1ccccc1. The molecule has 7 nitrogen and oxygen atoms in total. The van der Waals surface area contributed by atoms with E-state index in [9.17, 15) is 9.59 Å². The Morgan fingerprint density at radius 1 is 0.974 bits per heavy atom. The van der Waals surface area contributed by atoms with Crippen LogP contribution in [-0.2, 0) is 15.2 Å². The number of rotatable bonds is 6. The Kier molecular flexibility index (Phi) is 9.63. The molecule has 1 fully saturated rings. The summed E-state index contributed by atoms with van der Waals surface area (Å²) in [5, 5.41) is 0. The first-order valence-electron chi connectivity index (χ1n) is 13.1. The molecule has 0 N–H and O–H groups in total. The number of nitrogens with zero attached hydrogens (tertiary/aromatic N) is 2. The van der Waals surface area contributed by atoms with Crippen molar-refractivity contribution in [2.45, 2.75) is 95.2 Å². The Balaban J connectivity index is 1.90.